The number of nitro groups is 1. The highest BCUT2D eigenvalue weighted by Crippen LogP contribution is 2.48. The van der Waals surface area contributed by atoms with Gasteiger partial charge < -0.3 is 5.73 Å². The van der Waals surface area contributed by atoms with Crippen LogP contribution >= 0.6 is 0 Å². The summed E-state index contributed by atoms with van der Waals surface area (Å²) in [7, 11) is 0. The van der Waals surface area contributed by atoms with Gasteiger partial charge >= 0.3 is 0 Å². The van der Waals surface area contributed by atoms with Gasteiger partial charge in [-0.1, -0.05) is 0 Å². The van der Waals surface area contributed by atoms with Crippen LogP contribution in [0.2, 0.25) is 0 Å². The van der Waals surface area contributed by atoms with Gasteiger partial charge in [0, 0.05) is 24.6 Å². The molecule has 0 bridgehead atoms. The van der Waals surface area contributed by atoms with E-state index in [0.717, 1.165) is 0 Å². The fraction of sp³-hybridized carbons (Fsp3) is 0.333. The Morgan fingerprint density at radius 3 is 2.36 bits per heavy atom. The van der Waals surface area contributed by atoms with Crippen LogP contribution < -0.4 is 5.73 Å². The fourth-order valence-electron chi connectivity index (χ4n) is 1.45. The molecule has 2 atom stereocenters. The standard InChI is InChI=1S/C9H9FN2O2/c10-9(5-8(9)11)6-1-3-7(4-2-6)12(13)14/h1-4,8H,5,11H2/t8-,9+/m0/s1. The molecule has 0 aliphatic heterocycles. The quantitative estimate of drug-likeness (QED) is 0.575. The number of nitrogens with zero attached hydrogens (tertiary/aromatic N) is 1. The second-order valence-corrected chi connectivity index (χ2v) is 3.48. The van der Waals surface area contributed by atoms with Gasteiger partial charge in [0.2, 0.25) is 0 Å². The van der Waals surface area contributed by atoms with E-state index in [1.165, 1.54) is 24.3 Å². The highest BCUT2D eigenvalue weighted by molar-refractivity contribution is 5.39. The number of hydrogen-bond donors (Lipinski definition) is 1. The summed E-state index contributed by atoms with van der Waals surface area (Å²) in [6, 6.07) is 4.96. The summed E-state index contributed by atoms with van der Waals surface area (Å²) in [5.74, 6) is 0. The maximum atomic E-state index is 13.7. The first-order valence-electron chi connectivity index (χ1n) is 4.23. The molecule has 0 saturated heterocycles. The Kier molecular flexibility index (Phi) is 1.78. The summed E-state index contributed by atoms with van der Waals surface area (Å²) in [4.78, 5) is 9.82. The summed E-state index contributed by atoms with van der Waals surface area (Å²) in [5.41, 5.74) is 4.35. The molecule has 0 aromatic heterocycles. The summed E-state index contributed by atoms with van der Waals surface area (Å²) >= 11 is 0. The van der Waals surface area contributed by atoms with Crippen molar-refractivity contribution in [3.05, 3.63) is 39.9 Å². The predicted molar refractivity (Wildman–Crippen MR) is 48.5 cm³/mol. The van der Waals surface area contributed by atoms with Gasteiger partial charge in [-0.3, -0.25) is 10.1 Å². The zero-order valence-electron chi connectivity index (χ0n) is 7.31. The lowest BCUT2D eigenvalue weighted by molar-refractivity contribution is -0.384. The lowest BCUT2D eigenvalue weighted by atomic mass is 10.1. The van der Waals surface area contributed by atoms with Gasteiger partial charge in [-0.05, 0) is 17.7 Å². The summed E-state index contributed by atoms with van der Waals surface area (Å²) in [6.07, 6.45) is 0.296. The number of halogens is 1. The lowest BCUT2D eigenvalue weighted by Gasteiger charge is -2.04. The van der Waals surface area contributed by atoms with Crippen molar-refractivity contribution in [1.82, 2.24) is 0 Å². The molecule has 1 aromatic rings. The molecule has 4 nitrogen and oxygen atoms in total. The lowest BCUT2D eigenvalue weighted by Crippen LogP contribution is -2.12. The molecule has 2 N–H and O–H groups in total. The van der Waals surface area contributed by atoms with Crippen LogP contribution in [0.25, 0.3) is 0 Å². The van der Waals surface area contributed by atoms with Crippen LogP contribution in [-0.4, -0.2) is 11.0 Å². The Morgan fingerprint density at radius 2 is 2.00 bits per heavy atom. The second kappa shape index (κ2) is 2.75. The molecule has 1 aliphatic carbocycles. The highest BCUT2D eigenvalue weighted by Gasteiger charge is 2.54. The van der Waals surface area contributed by atoms with Crippen molar-refractivity contribution in [3.8, 4) is 0 Å². The van der Waals surface area contributed by atoms with Crippen molar-refractivity contribution in [1.29, 1.82) is 0 Å². The monoisotopic (exact) mass is 196 g/mol. The van der Waals surface area contributed by atoms with Crippen molar-refractivity contribution >= 4 is 5.69 Å². The van der Waals surface area contributed by atoms with E-state index in [0.29, 0.717) is 12.0 Å². The molecule has 0 radical (unpaired) electrons. The smallest absolute Gasteiger partial charge is 0.269 e. The van der Waals surface area contributed by atoms with E-state index in [2.05, 4.69) is 0 Å². The molecular weight excluding hydrogens is 187 g/mol. The number of alkyl halides is 1. The molecule has 1 fully saturated rings. The first-order chi connectivity index (χ1) is 6.54. The normalized spacial score (nSPS) is 30.0. The Morgan fingerprint density at radius 1 is 1.50 bits per heavy atom. The van der Waals surface area contributed by atoms with Crippen LogP contribution in [-0.2, 0) is 5.67 Å². The second-order valence-electron chi connectivity index (χ2n) is 3.48. The van der Waals surface area contributed by atoms with Crippen molar-refractivity contribution in [2.45, 2.75) is 18.1 Å². The Balaban J connectivity index is 2.27. The van der Waals surface area contributed by atoms with Crippen LogP contribution in [0, 0.1) is 10.1 Å². The minimum atomic E-state index is -1.46. The highest BCUT2D eigenvalue weighted by atomic mass is 19.1. The Bertz CT molecular complexity index is 379. The summed E-state index contributed by atoms with van der Waals surface area (Å²) < 4.78 is 13.7. The fourth-order valence-corrected chi connectivity index (χ4v) is 1.45. The van der Waals surface area contributed by atoms with Gasteiger partial charge in [0.25, 0.3) is 5.69 Å². The van der Waals surface area contributed by atoms with E-state index in [9.17, 15) is 14.5 Å². The van der Waals surface area contributed by atoms with Crippen LogP contribution in [0.3, 0.4) is 0 Å². The Labute approximate surface area is 79.7 Å². The van der Waals surface area contributed by atoms with Gasteiger partial charge in [0.1, 0.15) is 0 Å². The summed E-state index contributed by atoms with van der Waals surface area (Å²) in [6.45, 7) is 0. The van der Waals surface area contributed by atoms with Gasteiger partial charge in [-0.15, -0.1) is 0 Å². The third-order valence-electron chi connectivity index (χ3n) is 2.50. The van der Waals surface area contributed by atoms with E-state index in [-0.39, 0.29) is 5.69 Å². The number of nitro benzene ring substituents is 1. The number of rotatable bonds is 2. The van der Waals surface area contributed by atoms with Crippen molar-refractivity contribution in [2.24, 2.45) is 5.73 Å². The number of non-ortho nitro benzene ring substituents is 1. The van der Waals surface area contributed by atoms with E-state index < -0.39 is 16.6 Å². The van der Waals surface area contributed by atoms with E-state index in [4.69, 9.17) is 5.73 Å². The molecule has 2 rings (SSSR count). The molecule has 1 aromatic carbocycles. The molecule has 0 spiro atoms. The first kappa shape index (κ1) is 9.08. The first-order valence-corrected chi connectivity index (χ1v) is 4.23. The average Bonchev–Trinajstić information content (AvgIpc) is 2.76. The van der Waals surface area contributed by atoms with E-state index in [1.807, 2.05) is 0 Å². The molecule has 74 valence electrons. The maximum absolute atomic E-state index is 13.7. The molecule has 0 amide bonds. The molecule has 0 heterocycles. The number of benzene rings is 1. The minimum Gasteiger partial charge on any atom is -0.325 e. The van der Waals surface area contributed by atoms with Crippen LogP contribution in [0.5, 0.6) is 0 Å². The maximum Gasteiger partial charge on any atom is 0.269 e. The third-order valence-corrected chi connectivity index (χ3v) is 2.50. The molecule has 0 unspecified atom stereocenters. The van der Waals surface area contributed by atoms with Gasteiger partial charge in [0.05, 0.1) is 4.92 Å². The third kappa shape index (κ3) is 1.26. The van der Waals surface area contributed by atoms with Crippen molar-refractivity contribution in [3.63, 3.8) is 0 Å². The van der Waals surface area contributed by atoms with Gasteiger partial charge in [-0.2, -0.15) is 0 Å². The van der Waals surface area contributed by atoms with Crippen LogP contribution in [0.1, 0.15) is 12.0 Å². The van der Waals surface area contributed by atoms with Gasteiger partial charge in [-0.25, -0.2) is 4.39 Å². The van der Waals surface area contributed by atoms with E-state index >= 15 is 0 Å². The number of hydrogen-bond acceptors (Lipinski definition) is 3. The average molecular weight is 196 g/mol. The molecule has 14 heavy (non-hydrogen) atoms. The topological polar surface area (TPSA) is 69.2 Å². The molecule has 1 aliphatic rings. The predicted octanol–water partition coefficient (Wildman–Crippen LogP) is 1.49. The SMILES string of the molecule is N[C@H]1C[C@@]1(F)c1ccc([N+](=O)[O-])cc1. The largest absolute Gasteiger partial charge is 0.325 e. The van der Waals surface area contributed by atoms with Crippen LogP contribution in [0.4, 0.5) is 10.1 Å². The molecule has 5 heteroatoms. The Hall–Kier alpha value is -1.49. The van der Waals surface area contributed by atoms with Crippen molar-refractivity contribution in [2.75, 3.05) is 0 Å². The number of nitrogens with two attached hydrogens (primary N) is 1. The molecular formula is C9H9FN2O2. The summed E-state index contributed by atoms with van der Waals surface area (Å²) in [5, 5.41) is 10.3. The van der Waals surface area contributed by atoms with Crippen molar-refractivity contribution < 1.29 is 9.31 Å². The van der Waals surface area contributed by atoms with Crippen LogP contribution in [0.15, 0.2) is 24.3 Å². The van der Waals surface area contributed by atoms with Gasteiger partial charge in [0.15, 0.2) is 5.67 Å². The zero-order valence-corrected chi connectivity index (χ0v) is 7.31. The molecule has 1 saturated carbocycles. The zero-order chi connectivity index (χ0) is 10.3. The minimum absolute atomic E-state index is 0.0356. The van der Waals surface area contributed by atoms with E-state index in [1.54, 1.807) is 0 Å².